The number of thioether (sulfide) groups is 1. The van der Waals surface area contributed by atoms with Gasteiger partial charge in [-0.25, -0.2) is 0 Å². The van der Waals surface area contributed by atoms with E-state index in [2.05, 4.69) is 201 Å². The Balaban J connectivity index is 0.00000224. The third-order valence-electron chi connectivity index (χ3n) is 11.1. The topological polar surface area (TPSA) is 26.0 Å². The highest BCUT2D eigenvalue weighted by Gasteiger charge is 2.46. The molecule has 2 aliphatic rings. The predicted octanol–water partition coefficient (Wildman–Crippen LogP) is 14.0. The number of hydrogen-bond acceptors (Lipinski definition) is 2. The maximum Gasteiger partial charge on any atom is 0.0560 e. The molecule has 0 saturated heterocycles. The van der Waals surface area contributed by atoms with Crippen molar-refractivity contribution < 1.29 is 0 Å². The van der Waals surface area contributed by atoms with Crippen molar-refractivity contribution in [3.63, 3.8) is 0 Å². The summed E-state index contributed by atoms with van der Waals surface area (Å²) in [6.07, 6.45) is 17.4. The summed E-state index contributed by atoms with van der Waals surface area (Å²) in [5.74, 6) is 0.937. The average Bonchev–Trinajstić information content (AvgIpc) is 3.55. The standard InChI is InChI=1S/C53H41NS.C2H4/c54-35-34-41-21-6-4-19-39(41)18-2-1-16-38-17-3-5-20-40(38)32-33-42-22-7-9-24-44(42)45-27-15-30-51-48(45)36-43-23-8-14-31-52(43)55-37-53(51)49-28-12-10-25-46(49)47-26-11-13-29-50(47)53;1-2/h1-35H,36-37,54H2;1-2H2/b16-1+,18-2-,33-32-,35-34+;. The zero-order valence-corrected chi connectivity index (χ0v) is 32.8. The van der Waals surface area contributed by atoms with E-state index in [0.29, 0.717) is 0 Å². The summed E-state index contributed by atoms with van der Waals surface area (Å²) in [6.45, 7) is 6.00. The lowest BCUT2D eigenvalue weighted by Crippen LogP contribution is -2.32. The molecule has 0 unspecified atom stereocenters. The number of hydrogen-bond donors (Lipinski definition) is 1. The average molecular weight is 752 g/mol. The fourth-order valence-electron chi connectivity index (χ4n) is 8.56. The Kier molecular flexibility index (Phi) is 11.2. The van der Waals surface area contributed by atoms with Crippen molar-refractivity contribution in [1.82, 2.24) is 0 Å². The number of nitrogens with two attached hydrogens (primary N) is 1. The molecular weight excluding hydrogens is 707 g/mol. The van der Waals surface area contributed by atoms with Gasteiger partial charge < -0.3 is 5.73 Å². The SMILES string of the molecule is C=C.N/C=C/c1ccccc1/C=C\C=C\c1ccccc1/C=C\c1ccccc1-c1cccc2c1Cc1ccccc1SCC21c2ccccc2-c2ccccc21. The van der Waals surface area contributed by atoms with Gasteiger partial charge in [0.1, 0.15) is 0 Å². The van der Waals surface area contributed by atoms with Gasteiger partial charge in [-0.1, -0.05) is 194 Å². The van der Waals surface area contributed by atoms with Crippen LogP contribution in [0.1, 0.15) is 55.6 Å². The third kappa shape index (κ3) is 7.17. The molecule has 9 rings (SSSR count). The number of benzene rings is 7. The van der Waals surface area contributed by atoms with Crippen LogP contribution in [0.5, 0.6) is 0 Å². The molecule has 2 N–H and O–H groups in total. The van der Waals surface area contributed by atoms with Gasteiger partial charge in [0.2, 0.25) is 0 Å². The molecule has 0 fully saturated rings. The molecule has 0 radical (unpaired) electrons. The van der Waals surface area contributed by atoms with Crippen molar-refractivity contribution in [1.29, 1.82) is 0 Å². The van der Waals surface area contributed by atoms with Crippen LogP contribution in [0, 0.1) is 0 Å². The maximum atomic E-state index is 5.68. The Morgan fingerprint density at radius 2 is 0.895 bits per heavy atom. The van der Waals surface area contributed by atoms with Gasteiger partial charge in [-0.05, 0) is 103 Å². The molecule has 1 spiro atoms. The lowest BCUT2D eigenvalue weighted by atomic mass is 9.70. The van der Waals surface area contributed by atoms with E-state index < -0.39 is 0 Å². The van der Waals surface area contributed by atoms with E-state index in [-0.39, 0.29) is 5.41 Å². The van der Waals surface area contributed by atoms with Crippen LogP contribution in [0.2, 0.25) is 0 Å². The largest absolute Gasteiger partial charge is 0.405 e. The van der Waals surface area contributed by atoms with Crippen LogP contribution in [0.15, 0.2) is 200 Å². The summed E-state index contributed by atoms with van der Waals surface area (Å²) in [5.41, 5.74) is 23.4. The summed E-state index contributed by atoms with van der Waals surface area (Å²) >= 11 is 2.00. The molecule has 0 atom stereocenters. The second kappa shape index (κ2) is 17.0. The van der Waals surface area contributed by atoms with Gasteiger partial charge in [0.05, 0.1) is 5.41 Å². The van der Waals surface area contributed by atoms with Gasteiger partial charge in [-0.3, -0.25) is 0 Å². The van der Waals surface area contributed by atoms with Crippen LogP contribution in [0.25, 0.3) is 52.6 Å². The van der Waals surface area contributed by atoms with E-state index >= 15 is 0 Å². The molecule has 7 aromatic rings. The van der Waals surface area contributed by atoms with Crippen LogP contribution in [0.4, 0.5) is 0 Å². The first-order valence-corrected chi connectivity index (χ1v) is 20.4. The Morgan fingerprint density at radius 3 is 1.53 bits per heavy atom. The maximum absolute atomic E-state index is 5.68. The fraction of sp³-hybridized carbons (Fsp3) is 0.0545. The molecule has 0 bridgehead atoms. The predicted molar refractivity (Wildman–Crippen MR) is 248 cm³/mol. The fourth-order valence-corrected chi connectivity index (χ4v) is 9.90. The summed E-state index contributed by atoms with van der Waals surface area (Å²) in [5, 5.41) is 0. The molecule has 0 aromatic heterocycles. The highest BCUT2D eigenvalue weighted by Crippen LogP contribution is 2.57. The van der Waals surface area contributed by atoms with E-state index in [1.807, 2.05) is 30.0 Å². The van der Waals surface area contributed by atoms with Crippen molar-refractivity contribution in [2.45, 2.75) is 16.7 Å². The van der Waals surface area contributed by atoms with E-state index in [0.717, 1.165) is 28.9 Å². The van der Waals surface area contributed by atoms with Crippen molar-refractivity contribution in [2.24, 2.45) is 5.73 Å². The van der Waals surface area contributed by atoms with Crippen molar-refractivity contribution >= 4 is 42.1 Å². The zero-order chi connectivity index (χ0) is 39.0. The van der Waals surface area contributed by atoms with Crippen LogP contribution in [-0.2, 0) is 11.8 Å². The minimum absolute atomic E-state index is 0.273. The van der Waals surface area contributed by atoms with Gasteiger partial charge in [-0.2, -0.15) is 0 Å². The summed E-state index contributed by atoms with van der Waals surface area (Å²) in [7, 11) is 0. The van der Waals surface area contributed by atoms with Crippen LogP contribution >= 0.6 is 11.8 Å². The third-order valence-corrected chi connectivity index (χ3v) is 12.4. The molecule has 0 saturated carbocycles. The molecule has 1 nitrogen and oxygen atoms in total. The Morgan fingerprint density at radius 1 is 0.439 bits per heavy atom. The van der Waals surface area contributed by atoms with E-state index in [9.17, 15) is 0 Å². The highest BCUT2D eigenvalue weighted by atomic mass is 32.2. The number of rotatable bonds is 7. The smallest absolute Gasteiger partial charge is 0.0560 e. The first-order chi connectivity index (χ1) is 28.2. The Bertz CT molecular complexity index is 2630. The molecule has 57 heavy (non-hydrogen) atoms. The Hall–Kier alpha value is -6.61. The molecule has 7 aromatic carbocycles. The first kappa shape index (κ1) is 37.3. The van der Waals surface area contributed by atoms with Gasteiger partial charge in [0.25, 0.3) is 0 Å². The first-order valence-electron chi connectivity index (χ1n) is 19.5. The van der Waals surface area contributed by atoms with Crippen LogP contribution < -0.4 is 5.73 Å². The molecule has 1 aliphatic carbocycles. The number of fused-ring (bicyclic) bond motifs is 8. The molecule has 1 aliphatic heterocycles. The van der Waals surface area contributed by atoms with E-state index in [1.165, 1.54) is 66.1 Å². The second-order valence-corrected chi connectivity index (χ2v) is 15.2. The van der Waals surface area contributed by atoms with E-state index in [4.69, 9.17) is 5.73 Å². The van der Waals surface area contributed by atoms with Crippen molar-refractivity contribution in [3.8, 4) is 22.3 Å². The van der Waals surface area contributed by atoms with Gasteiger partial charge in [0, 0.05) is 10.6 Å². The van der Waals surface area contributed by atoms with Crippen LogP contribution in [-0.4, -0.2) is 5.75 Å². The quantitative estimate of drug-likeness (QED) is 0.0997. The van der Waals surface area contributed by atoms with Crippen molar-refractivity contribution in [3.05, 3.63) is 251 Å². The zero-order valence-electron chi connectivity index (χ0n) is 32.0. The van der Waals surface area contributed by atoms with Gasteiger partial charge in [0.15, 0.2) is 0 Å². The normalized spacial score (nSPS) is 13.8. The second-order valence-electron chi connectivity index (χ2n) is 14.2. The summed E-state index contributed by atoms with van der Waals surface area (Å²) in [6, 6.07) is 59.9. The Labute approximate surface area is 342 Å². The minimum atomic E-state index is -0.273. The molecule has 2 heteroatoms. The van der Waals surface area contributed by atoms with Gasteiger partial charge in [-0.15, -0.1) is 24.9 Å². The van der Waals surface area contributed by atoms with Crippen LogP contribution in [0.3, 0.4) is 0 Å². The highest BCUT2D eigenvalue weighted by molar-refractivity contribution is 7.99. The monoisotopic (exact) mass is 751 g/mol. The summed E-state index contributed by atoms with van der Waals surface area (Å²) < 4.78 is 0. The molecule has 0 amide bonds. The number of allylic oxidation sites excluding steroid dienone is 2. The minimum Gasteiger partial charge on any atom is -0.405 e. The van der Waals surface area contributed by atoms with Gasteiger partial charge >= 0.3 is 0 Å². The molecular formula is C55H45NS. The van der Waals surface area contributed by atoms with E-state index in [1.54, 1.807) is 6.20 Å². The summed E-state index contributed by atoms with van der Waals surface area (Å²) in [4.78, 5) is 1.37. The lowest BCUT2D eigenvalue weighted by molar-refractivity contribution is 0.713. The lowest BCUT2D eigenvalue weighted by Gasteiger charge is -2.37. The molecule has 1 heterocycles. The molecule has 276 valence electrons. The van der Waals surface area contributed by atoms with Crippen molar-refractivity contribution in [2.75, 3.05) is 5.75 Å².